The molecule has 3 aromatic rings. The molecule has 0 spiro atoms. The predicted octanol–water partition coefficient (Wildman–Crippen LogP) is 3.76. The van der Waals surface area contributed by atoms with Crippen molar-refractivity contribution in [2.45, 2.75) is 9.92 Å². The van der Waals surface area contributed by atoms with Crippen molar-refractivity contribution in [3.8, 4) is 0 Å². The number of nitrogens with zero attached hydrogens (tertiary/aromatic N) is 2. The summed E-state index contributed by atoms with van der Waals surface area (Å²) in [5.74, 6) is 0. The van der Waals surface area contributed by atoms with Gasteiger partial charge in [-0.1, -0.05) is 47.6 Å². The Labute approximate surface area is 170 Å². The van der Waals surface area contributed by atoms with Crippen LogP contribution in [0.25, 0.3) is 0 Å². The molecule has 0 aliphatic heterocycles. The first-order valence-electron chi connectivity index (χ1n) is 7.82. The average molecular weight is 436 g/mol. The molecule has 0 fully saturated rings. The molecule has 0 saturated carbocycles. The maximum absolute atomic E-state index is 12.3. The van der Waals surface area contributed by atoms with Gasteiger partial charge in [-0.15, -0.1) is 0 Å². The molecule has 0 aliphatic carbocycles. The molecule has 0 aliphatic rings. The minimum atomic E-state index is -4.20. The molecule has 3 N–H and O–H groups in total. The van der Waals surface area contributed by atoms with Crippen molar-refractivity contribution in [3.05, 3.63) is 72.1 Å². The van der Waals surface area contributed by atoms with Crippen LogP contribution in [-0.4, -0.2) is 24.4 Å². The highest BCUT2D eigenvalue weighted by Gasteiger charge is 2.17. The fourth-order valence-electron chi connectivity index (χ4n) is 2.09. The van der Waals surface area contributed by atoms with E-state index < -0.39 is 16.2 Å². The van der Waals surface area contributed by atoms with E-state index >= 15 is 0 Å². The normalized spacial score (nSPS) is 10.9. The molecule has 2 aromatic carbocycles. The number of anilines is 2. The van der Waals surface area contributed by atoms with Crippen molar-refractivity contribution in [2.24, 2.45) is 0 Å². The molecular weight excluding hydrogens is 422 g/mol. The Morgan fingerprint density at radius 3 is 2.54 bits per heavy atom. The van der Waals surface area contributed by atoms with Gasteiger partial charge in [0.1, 0.15) is 5.03 Å². The van der Waals surface area contributed by atoms with E-state index in [0.29, 0.717) is 15.6 Å². The van der Waals surface area contributed by atoms with Crippen LogP contribution < -0.4 is 14.8 Å². The topological polar surface area (TPSA) is 113 Å². The van der Waals surface area contributed by atoms with Crippen molar-refractivity contribution < 1.29 is 13.2 Å². The zero-order chi connectivity index (χ0) is 20.0. The summed E-state index contributed by atoms with van der Waals surface area (Å²) in [6, 6.07) is 12.4. The molecule has 2 amide bonds. The van der Waals surface area contributed by atoms with Crippen molar-refractivity contribution in [2.75, 3.05) is 10.0 Å². The standard InChI is InChI=1S/C17H14ClN5O3S2/c18-16-13(7-4-8-14(16)27-15-11-19-9-10-20-15)22-28(25,26)23-17(24)21-12-5-2-1-3-6-12/h1-11,22H,(H2,21,23,24). The second-order valence-corrected chi connectivity index (χ2v) is 8.15. The van der Waals surface area contributed by atoms with Gasteiger partial charge in [-0.2, -0.15) is 8.42 Å². The molecule has 0 unspecified atom stereocenters. The van der Waals surface area contributed by atoms with Gasteiger partial charge in [-0.25, -0.2) is 14.5 Å². The molecule has 3 rings (SSSR count). The minimum Gasteiger partial charge on any atom is -0.307 e. The highest BCUT2D eigenvalue weighted by Crippen LogP contribution is 2.36. The van der Waals surface area contributed by atoms with Gasteiger partial charge in [0.15, 0.2) is 0 Å². The van der Waals surface area contributed by atoms with E-state index in [1.807, 2.05) is 4.72 Å². The maximum atomic E-state index is 12.3. The van der Waals surface area contributed by atoms with Crippen LogP contribution in [0.4, 0.5) is 16.2 Å². The highest BCUT2D eigenvalue weighted by molar-refractivity contribution is 7.99. The zero-order valence-corrected chi connectivity index (χ0v) is 16.6. The number of carbonyl (C=O) groups is 1. The summed E-state index contributed by atoms with van der Waals surface area (Å²) in [5, 5.41) is 3.20. The summed E-state index contributed by atoms with van der Waals surface area (Å²) in [4.78, 5) is 20.6. The SMILES string of the molecule is O=C(Nc1ccccc1)NS(=O)(=O)Nc1cccc(Sc2cnccn2)c1Cl. The third kappa shape index (κ3) is 5.59. The Morgan fingerprint density at radius 2 is 1.82 bits per heavy atom. The summed E-state index contributed by atoms with van der Waals surface area (Å²) in [5.41, 5.74) is 0.575. The summed E-state index contributed by atoms with van der Waals surface area (Å²) in [7, 11) is -4.20. The number of aromatic nitrogens is 2. The summed E-state index contributed by atoms with van der Waals surface area (Å²) >= 11 is 7.54. The monoisotopic (exact) mass is 435 g/mol. The number of amides is 2. The van der Waals surface area contributed by atoms with Crippen LogP contribution in [-0.2, 0) is 10.2 Å². The average Bonchev–Trinajstić information content (AvgIpc) is 2.66. The van der Waals surface area contributed by atoms with Crippen molar-refractivity contribution in [1.82, 2.24) is 14.7 Å². The number of hydrogen-bond acceptors (Lipinski definition) is 6. The fourth-order valence-corrected chi connectivity index (χ4v) is 4.04. The van der Waals surface area contributed by atoms with Crippen LogP contribution >= 0.6 is 23.4 Å². The fraction of sp³-hybridized carbons (Fsp3) is 0. The van der Waals surface area contributed by atoms with E-state index in [-0.39, 0.29) is 10.7 Å². The van der Waals surface area contributed by atoms with Gasteiger partial charge in [0.05, 0.1) is 16.9 Å². The van der Waals surface area contributed by atoms with Crippen LogP contribution in [0, 0.1) is 0 Å². The summed E-state index contributed by atoms with van der Waals surface area (Å²) in [6.07, 6.45) is 4.65. The first kappa shape index (κ1) is 19.9. The van der Waals surface area contributed by atoms with E-state index in [2.05, 4.69) is 20.0 Å². The number of urea groups is 1. The lowest BCUT2D eigenvalue weighted by molar-refractivity contribution is 0.256. The van der Waals surface area contributed by atoms with Gasteiger partial charge in [0.25, 0.3) is 0 Å². The largest absolute Gasteiger partial charge is 0.334 e. The van der Waals surface area contributed by atoms with Crippen LogP contribution in [0.5, 0.6) is 0 Å². The van der Waals surface area contributed by atoms with Gasteiger partial charge >= 0.3 is 16.2 Å². The van der Waals surface area contributed by atoms with E-state index in [9.17, 15) is 13.2 Å². The first-order chi connectivity index (χ1) is 13.4. The minimum absolute atomic E-state index is 0.121. The van der Waals surface area contributed by atoms with E-state index in [1.54, 1.807) is 54.9 Å². The molecule has 1 aromatic heterocycles. The zero-order valence-electron chi connectivity index (χ0n) is 14.2. The number of halogens is 1. The Morgan fingerprint density at radius 1 is 1.04 bits per heavy atom. The molecule has 1 heterocycles. The Balaban J connectivity index is 1.70. The van der Waals surface area contributed by atoms with E-state index in [0.717, 1.165) is 0 Å². The molecule has 8 nitrogen and oxygen atoms in total. The summed E-state index contributed by atoms with van der Waals surface area (Å²) in [6.45, 7) is 0. The second kappa shape index (κ2) is 8.91. The van der Waals surface area contributed by atoms with Crippen molar-refractivity contribution in [1.29, 1.82) is 0 Å². The smallest absolute Gasteiger partial charge is 0.307 e. The number of hydrogen-bond donors (Lipinski definition) is 3. The van der Waals surface area contributed by atoms with E-state index in [1.165, 1.54) is 24.0 Å². The molecule has 0 radical (unpaired) electrons. The van der Waals surface area contributed by atoms with Gasteiger partial charge < -0.3 is 5.32 Å². The number of benzene rings is 2. The van der Waals surface area contributed by atoms with Crippen LogP contribution in [0.15, 0.2) is 77.0 Å². The van der Waals surface area contributed by atoms with Gasteiger partial charge in [0.2, 0.25) is 0 Å². The molecule has 28 heavy (non-hydrogen) atoms. The number of para-hydroxylation sites is 1. The lowest BCUT2D eigenvalue weighted by Crippen LogP contribution is -2.38. The third-order valence-corrected chi connectivity index (χ3v) is 5.66. The molecular formula is C17H14ClN5O3S2. The maximum Gasteiger partial charge on any atom is 0.334 e. The summed E-state index contributed by atoms with van der Waals surface area (Å²) < 4.78 is 28.6. The molecule has 144 valence electrons. The van der Waals surface area contributed by atoms with Crippen LogP contribution in [0.2, 0.25) is 5.02 Å². The quantitative estimate of drug-likeness (QED) is 0.543. The van der Waals surface area contributed by atoms with E-state index in [4.69, 9.17) is 11.6 Å². The van der Waals surface area contributed by atoms with Crippen LogP contribution in [0.3, 0.4) is 0 Å². The van der Waals surface area contributed by atoms with Crippen molar-refractivity contribution >= 4 is 51.0 Å². The molecule has 0 saturated heterocycles. The number of carbonyl (C=O) groups excluding carboxylic acids is 1. The van der Waals surface area contributed by atoms with Gasteiger partial charge in [-0.05, 0) is 24.3 Å². The third-order valence-electron chi connectivity index (χ3n) is 3.22. The molecule has 0 atom stereocenters. The predicted molar refractivity (Wildman–Crippen MR) is 109 cm³/mol. The Hall–Kier alpha value is -2.82. The van der Waals surface area contributed by atoms with Crippen molar-refractivity contribution in [3.63, 3.8) is 0 Å². The Bertz CT molecular complexity index is 1070. The number of rotatable bonds is 6. The second-order valence-electron chi connectivity index (χ2n) is 5.29. The van der Waals surface area contributed by atoms with Crippen LogP contribution in [0.1, 0.15) is 0 Å². The molecule has 11 heteroatoms. The Kier molecular flexibility index (Phi) is 6.34. The first-order valence-corrected chi connectivity index (χ1v) is 10.5. The highest BCUT2D eigenvalue weighted by atomic mass is 35.5. The number of nitrogens with one attached hydrogen (secondary N) is 3. The lowest BCUT2D eigenvalue weighted by atomic mass is 10.3. The molecule has 0 bridgehead atoms. The lowest BCUT2D eigenvalue weighted by Gasteiger charge is -2.13. The van der Waals surface area contributed by atoms with Gasteiger partial charge in [-0.3, -0.25) is 9.71 Å². The van der Waals surface area contributed by atoms with Gasteiger partial charge in [0, 0.05) is 23.0 Å².